The number of hydrogen-bond donors (Lipinski definition) is 1. The summed E-state index contributed by atoms with van der Waals surface area (Å²) in [6.07, 6.45) is 2.51. The molecule has 2 rings (SSSR count). The van der Waals surface area contributed by atoms with Gasteiger partial charge in [-0.2, -0.15) is 0 Å². The molecule has 0 saturated carbocycles. The van der Waals surface area contributed by atoms with Gasteiger partial charge >= 0.3 is 0 Å². The highest BCUT2D eigenvalue weighted by Crippen LogP contribution is 2.25. The molecule has 0 radical (unpaired) electrons. The van der Waals surface area contributed by atoms with Crippen molar-refractivity contribution in [2.45, 2.75) is 32.2 Å². The molecule has 0 aliphatic carbocycles. The maximum atomic E-state index is 11.4. The topological polar surface area (TPSA) is 59.1 Å². The van der Waals surface area contributed by atoms with Gasteiger partial charge in [0.15, 0.2) is 0 Å². The van der Waals surface area contributed by atoms with Crippen LogP contribution in [0.25, 0.3) is 0 Å². The fourth-order valence-corrected chi connectivity index (χ4v) is 4.75. The molecule has 1 atom stereocenters. The minimum atomic E-state index is -2.75. The molecule has 1 N–H and O–H groups in total. The van der Waals surface area contributed by atoms with Crippen molar-refractivity contribution < 1.29 is 8.42 Å². The molecule has 1 aliphatic rings. The molecular formula is C12H20N2O2S2. The number of rotatable bonds is 4. The zero-order valence-electron chi connectivity index (χ0n) is 10.8. The zero-order chi connectivity index (χ0) is 13.2. The van der Waals surface area contributed by atoms with E-state index in [-0.39, 0.29) is 6.04 Å². The van der Waals surface area contributed by atoms with Gasteiger partial charge in [0.2, 0.25) is 0 Å². The first-order valence-corrected chi connectivity index (χ1v) is 9.02. The SMILES string of the molecule is CNC(C)c1csc(CC2CCS(=O)(=O)CC2)n1. The highest BCUT2D eigenvalue weighted by atomic mass is 32.2. The van der Waals surface area contributed by atoms with E-state index in [1.165, 1.54) is 0 Å². The predicted octanol–water partition coefficient (Wildman–Crippen LogP) is 1.79. The third kappa shape index (κ3) is 3.52. The molecule has 0 spiro atoms. The number of nitrogens with one attached hydrogen (secondary N) is 1. The zero-order valence-corrected chi connectivity index (χ0v) is 12.5. The van der Waals surface area contributed by atoms with Crippen LogP contribution in [0.4, 0.5) is 0 Å². The standard InChI is InChI=1S/C12H20N2O2S2/c1-9(13-2)11-8-17-12(14-11)7-10-3-5-18(15,16)6-4-10/h8-10,13H,3-7H2,1-2H3. The summed E-state index contributed by atoms with van der Waals surface area (Å²) in [6, 6.07) is 0.279. The second-order valence-corrected chi connectivity index (χ2v) is 8.22. The number of aromatic nitrogens is 1. The summed E-state index contributed by atoms with van der Waals surface area (Å²) in [7, 11) is -0.821. The van der Waals surface area contributed by atoms with Crippen molar-refractivity contribution in [3.63, 3.8) is 0 Å². The average Bonchev–Trinajstić information content (AvgIpc) is 2.79. The molecule has 1 unspecified atom stereocenters. The highest BCUT2D eigenvalue weighted by molar-refractivity contribution is 7.91. The van der Waals surface area contributed by atoms with Gasteiger partial charge in [-0.1, -0.05) is 0 Å². The first-order valence-electron chi connectivity index (χ1n) is 6.32. The van der Waals surface area contributed by atoms with Crippen LogP contribution in [-0.4, -0.2) is 32.0 Å². The fraction of sp³-hybridized carbons (Fsp3) is 0.750. The van der Waals surface area contributed by atoms with Crippen molar-refractivity contribution in [3.05, 3.63) is 16.1 Å². The van der Waals surface area contributed by atoms with Gasteiger partial charge in [-0.15, -0.1) is 11.3 Å². The largest absolute Gasteiger partial charge is 0.312 e. The van der Waals surface area contributed by atoms with E-state index in [0.29, 0.717) is 17.4 Å². The van der Waals surface area contributed by atoms with Crippen LogP contribution < -0.4 is 5.32 Å². The van der Waals surface area contributed by atoms with Gasteiger partial charge in [0, 0.05) is 17.8 Å². The predicted molar refractivity (Wildman–Crippen MR) is 74.7 cm³/mol. The highest BCUT2D eigenvalue weighted by Gasteiger charge is 2.24. The van der Waals surface area contributed by atoms with E-state index in [1.54, 1.807) is 11.3 Å². The Kier molecular flexibility index (Phi) is 4.40. The molecule has 102 valence electrons. The molecule has 1 aromatic rings. The van der Waals surface area contributed by atoms with Crippen LogP contribution in [-0.2, 0) is 16.3 Å². The summed E-state index contributed by atoms with van der Waals surface area (Å²) in [6.45, 7) is 2.09. The van der Waals surface area contributed by atoms with Crippen LogP contribution in [0, 0.1) is 5.92 Å². The molecule has 1 fully saturated rings. The van der Waals surface area contributed by atoms with E-state index in [1.807, 2.05) is 7.05 Å². The van der Waals surface area contributed by atoms with Crippen LogP contribution in [0.3, 0.4) is 0 Å². The van der Waals surface area contributed by atoms with Crippen LogP contribution in [0.1, 0.15) is 36.5 Å². The Labute approximate surface area is 113 Å². The third-order valence-electron chi connectivity index (χ3n) is 3.58. The third-order valence-corrected chi connectivity index (χ3v) is 6.19. The van der Waals surface area contributed by atoms with Crippen LogP contribution >= 0.6 is 11.3 Å². The first kappa shape index (κ1) is 14.0. The van der Waals surface area contributed by atoms with Crippen LogP contribution in [0.2, 0.25) is 0 Å². The number of sulfone groups is 1. The summed E-state index contributed by atoms with van der Waals surface area (Å²) in [5, 5.41) is 6.40. The maximum absolute atomic E-state index is 11.4. The molecule has 18 heavy (non-hydrogen) atoms. The molecule has 0 bridgehead atoms. The van der Waals surface area contributed by atoms with Gasteiger partial charge in [0.1, 0.15) is 9.84 Å². The Morgan fingerprint density at radius 3 is 2.78 bits per heavy atom. The van der Waals surface area contributed by atoms with Gasteiger partial charge in [0.25, 0.3) is 0 Å². The normalized spacial score (nSPS) is 21.9. The van der Waals surface area contributed by atoms with Gasteiger partial charge in [-0.05, 0) is 32.7 Å². The van der Waals surface area contributed by atoms with E-state index >= 15 is 0 Å². The lowest BCUT2D eigenvalue weighted by Gasteiger charge is -2.20. The van der Waals surface area contributed by atoms with Crippen molar-refractivity contribution in [2.24, 2.45) is 5.92 Å². The van der Waals surface area contributed by atoms with E-state index in [9.17, 15) is 8.42 Å². The molecule has 6 heteroatoms. The molecule has 1 aliphatic heterocycles. The summed E-state index contributed by atoms with van der Waals surface area (Å²) >= 11 is 1.69. The second kappa shape index (κ2) is 5.67. The molecule has 0 aromatic carbocycles. The van der Waals surface area contributed by atoms with E-state index < -0.39 is 9.84 Å². The summed E-state index contributed by atoms with van der Waals surface area (Å²) in [4.78, 5) is 4.62. The number of thiazole rings is 1. The van der Waals surface area contributed by atoms with Gasteiger partial charge in [0.05, 0.1) is 22.2 Å². The van der Waals surface area contributed by atoms with Crippen molar-refractivity contribution in [1.82, 2.24) is 10.3 Å². The first-order chi connectivity index (χ1) is 8.50. The van der Waals surface area contributed by atoms with Gasteiger partial charge in [-0.25, -0.2) is 13.4 Å². The monoisotopic (exact) mass is 288 g/mol. The van der Waals surface area contributed by atoms with E-state index in [0.717, 1.165) is 30.0 Å². The van der Waals surface area contributed by atoms with Crippen LogP contribution in [0.5, 0.6) is 0 Å². The summed E-state index contributed by atoms with van der Waals surface area (Å²) < 4.78 is 22.7. The number of hydrogen-bond acceptors (Lipinski definition) is 5. The Bertz CT molecular complexity index is 482. The quantitative estimate of drug-likeness (QED) is 0.917. The lowest BCUT2D eigenvalue weighted by Crippen LogP contribution is -2.24. The molecule has 2 heterocycles. The molecule has 4 nitrogen and oxygen atoms in total. The van der Waals surface area contributed by atoms with Crippen molar-refractivity contribution in [2.75, 3.05) is 18.6 Å². The Morgan fingerprint density at radius 2 is 2.17 bits per heavy atom. The van der Waals surface area contributed by atoms with Crippen molar-refractivity contribution >= 4 is 21.2 Å². The van der Waals surface area contributed by atoms with Gasteiger partial charge < -0.3 is 5.32 Å². The van der Waals surface area contributed by atoms with Crippen molar-refractivity contribution in [1.29, 1.82) is 0 Å². The van der Waals surface area contributed by atoms with Crippen LogP contribution in [0.15, 0.2) is 5.38 Å². The van der Waals surface area contributed by atoms with E-state index in [4.69, 9.17) is 0 Å². The van der Waals surface area contributed by atoms with E-state index in [2.05, 4.69) is 22.6 Å². The molecule has 1 aromatic heterocycles. The maximum Gasteiger partial charge on any atom is 0.150 e. The summed E-state index contributed by atoms with van der Waals surface area (Å²) in [5.74, 6) is 1.18. The minimum Gasteiger partial charge on any atom is -0.312 e. The second-order valence-electron chi connectivity index (χ2n) is 4.98. The minimum absolute atomic E-state index is 0.279. The Hall–Kier alpha value is -0.460. The average molecular weight is 288 g/mol. The lowest BCUT2D eigenvalue weighted by atomic mass is 9.99. The van der Waals surface area contributed by atoms with Crippen molar-refractivity contribution in [3.8, 4) is 0 Å². The Morgan fingerprint density at radius 1 is 1.50 bits per heavy atom. The molecular weight excluding hydrogens is 268 g/mol. The molecule has 0 amide bonds. The fourth-order valence-electron chi connectivity index (χ4n) is 2.16. The lowest BCUT2D eigenvalue weighted by molar-refractivity contribution is 0.461. The smallest absolute Gasteiger partial charge is 0.150 e. The number of nitrogens with zero attached hydrogens (tertiary/aromatic N) is 1. The molecule has 1 saturated heterocycles. The summed E-state index contributed by atoms with van der Waals surface area (Å²) in [5.41, 5.74) is 1.08. The van der Waals surface area contributed by atoms with Gasteiger partial charge in [-0.3, -0.25) is 0 Å². The Balaban J connectivity index is 1.92.